The molecule has 3 amide bonds. The number of hydrogen-bond donors (Lipinski definition) is 1. The van der Waals surface area contributed by atoms with Crippen LogP contribution in [0.2, 0.25) is 0 Å². The largest absolute Gasteiger partial charge is 0.493 e. The molecule has 0 bridgehead atoms. The highest BCUT2D eigenvalue weighted by Crippen LogP contribution is 2.34. The van der Waals surface area contributed by atoms with E-state index in [0.717, 1.165) is 27.8 Å². The maximum absolute atomic E-state index is 12.7. The summed E-state index contributed by atoms with van der Waals surface area (Å²) in [6.07, 6.45) is 1.59. The standard InChI is InChI=1S/C22H22N2O5S/c1-13-5-7-16(9-14(13)2)23-20(25)12-24-21(26)19(30-22(24)27)11-15-6-8-17(28-3)18(10-15)29-4/h5-11H,12H2,1-4H3,(H,23,25)/b19-11+. The van der Waals surface area contributed by atoms with Gasteiger partial charge in [0.15, 0.2) is 11.5 Å². The van der Waals surface area contributed by atoms with E-state index in [9.17, 15) is 14.4 Å². The molecule has 30 heavy (non-hydrogen) atoms. The van der Waals surface area contributed by atoms with Crippen molar-refractivity contribution in [1.29, 1.82) is 0 Å². The van der Waals surface area contributed by atoms with Crippen LogP contribution in [0.3, 0.4) is 0 Å². The zero-order valence-corrected chi connectivity index (χ0v) is 18.0. The Labute approximate surface area is 179 Å². The summed E-state index contributed by atoms with van der Waals surface area (Å²) in [5.41, 5.74) is 3.45. The molecule has 2 aromatic rings. The van der Waals surface area contributed by atoms with Crippen molar-refractivity contribution in [2.45, 2.75) is 13.8 Å². The molecule has 7 nitrogen and oxygen atoms in total. The van der Waals surface area contributed by atoms with E-state index in [-0.39, 0.29) is 11.4 Å². The zero-order valence-electron chi connectivity index (χ0n) is 17.1. The predicted molar refractivity (Wildman–Crippen MR) is 117 cm³/mol. The van der Waals surface area contributed by atoms with Crippen LogP contribution in [-0.4, -0.2) is 42.7 Å². The summed E-state index contributed by atoms with van der Waals surface area (Å²) in [7, 11) is 3.05. The normalized spacial score (nSPS) is 14.9. The fourth-order valence-electron chi connectivity index (χ4n) is 2.89. The first-order valence-corrected chi connectivity index (χ1v) is 9.98. The van der Waals surface area contributed by atoms with Gasteiger partial charge in [-0.05, 0) is 72.6 Å². The second-order valence-electron chi connectivity index (χ2n) is 6.73. The number of carbonyl (C=O) groups is 3. The molecular formula is C22H22N2O5S. The number of methoxy groups -OCH3 is 2. The minimum atomic E-state index is -0.505. The van der Waals surface area contributed by atoms with Crippen LogP contribution in [0, 0.1) is 13.8 Å². The van der Waals surface area contributed by atoms with E-state index in [1.165, 1.54) is 14.2 Å². The lowest BCUT2D eigenvalue weighted by molar-refractivity contribution is -0.127. The number of rotatable bonds is 6. The quantitative estimate of drug-likeness (QED) is 0.703. The summed E-state index contributed by atoms with van der Waals surface area (Å²) in [4.78, 5) is 38.5. The van der Waals surface area contributed by atoms with Crippen molar-refractivity contribution in [1.82, 2.24) is 4.90 Å². The fourth-order valence-corrected chi connectivity index (χ4v) is 3.73. The molecule has 2 aromatic carbocycles. The number of nitrogens with zero attached hydrogens (tertiary/aromatic N) is 1. The third-order valence-electron chi connectivity index (χ3n) is 4.67. The molecule has 1 heterocycles. The Morgan fingerprint density at radius 3 is 2.43 bits per heavy atom. The van der Waals surface area contributed by atoms with Crippen LogP contribution in [-0.2, 0) is 9.59 Å². The van der Waals surface area contributed by atoms with E-state index < -0.39 is 17.1 Å². The summed E-state index contributed by atoms with van der Waals surface area (Å²) in [6.45, 7) is 3.58. The second-order valence-corrected chi connectivity index (χ2v) is 7.72. The van der Waals surface area contributed by atoms with Crippen molar-refractivity contribution in [2.75, 3.05) is 26.1 Å². The van der Waals surface area contributed by atoms with Crippen LogP contribution in [0.15, 0.2) is 41.3 Å². The van der Waals surface area contributed by atoms with Gasteiger partial charge in [-0.1, -0.05) is 12.1 Å². The van der Waals surface area contributed by atoms with Crippen molar-refractivity contribution in [3.8, 4) is 11.5 Å². The van der Waals surface area contributed by atoms with Gasteiger partial charge in [0.1, 0.15) is 6.54 Å². The fraction of sp³-hybridized carbons (Fsp3) is 0.227. The molecule has 0 saturated carbocycles. The highest BCUT2D eigenvalue weighted by atomic mass is 32.2. The summed E-state index contributed by atoms with van der Waals surface area (Å²) in [5.74, 6) is 0.131. The van der Waals surface area contributed by atoms with Crippen LogP contribution in [0.1, 0.15) is 16.7 Å². The highest BCUT2D eigenvalue weighted by Gasteiger charge is 2.36. The van der Waals surface area contributed by atoms with E-state index in [1.807, 2.05) is 26.0 Å². The molecular weight excluding hydrogens is 404 g/mol. The van der Waals surface area contributed by atoms with Gasteiger partial charge in [0.25, 0.3) is 11.1 Å². The van der Waals surface area contributed by atoms with E-state index in [0.29, 0.717) is 22.7 Å². The molecule has 1 N–H and O–H groups in total. The SMILES string of the molecule is COc1ccc(/C=C2/SC(=O)N(CC(=O)Nc3ccc(C)c(C)c3)C2=O)cc1OC. The average Bonchev–Trinajstić information content (AvgIpc) is 2.98. The lowest BCUT2D eigenvalue weighted by Gasteiger charge is -2.13. The van der Waals surface area contributed by atoms with E-state index in [4.69, 9.17) is 9.47 Å². The summed E-state index contributed by atoms with van der Waals surface area (Å²) in [5, 5.41) is 2.24. The molecule has 8 heteroatoms. The first-order chi connectivity index (χ1) is 14.3. The predicted octanol–water partition coefficient (Wildman–Crippen LogP) is 4.00. The van der Waals surface area contributed by atoms with Gasteiger partial charge < -0.3 is 14.8 Å². The molecule has 1 saturated heterocycles. The molecule has 3 rings (SSSR count). The zero-order chi connectivity index (χ0) is 21.8. The number of hydrogen-bond acceptors (Lipinski definition) is 6. The van der Waals surface area contributed by atoms with Gasteiger partial charge in [0, 0.05) is 5.69 Å². The third kappa shape index (κ3) is 4.65. The van der Waals surface area contributed by atoms with Crippen LogP contribution >= 0.6 is 11.8 Å². The number of imide groups is 1. The van der Waals surface area contributed by atoms with Crippen molar-refractivity contribution in [2.24, 2.45) is 0 Å². The number of carbonyl (C=O) groups excluding carboxylic acids is 3. The van der Waals surface area contributed by atoms with Gasteiger partial charge in [0.2, 0.25) is 5.91 Å². The molecule has 1 aliphatic heterocycles. The molecule has 0 atom stereocenters. The van der Waals surface area contributed by atoms with E-state index in [1.54, 1.807) is 30.3 Å². The maximum atomic E-state index is 12.7. The van der Waals surface area contributed by atoms with Crippen molar-refractivity contribution in [3.63, 3.8) is 0 Å². The first kappa shape index (κ1) is 21.4. The lowest BCUT2D eigenvalue weighted by atomic mass is 10.1. The number of amides is 3. The van der Waals surface area contributed by atoms with Gasteiger partial charge in [-0.3, -0.25) is 19.3 Å². The Kier molecular flexibility index (Phi) is 6.47. The Bertz CT molecular complexity index is 1050. The van der Waals surface area contributed by atoms with Crippen molar-refractivity contribution < 1.29 is 23.9 Å². The molecule has 1 aliphatic rings. The maximum Gasteiger partial charge on any atom is 0.294 e. The third-order valence-corrected chi connectivity index (χ3v) is 5.58. The van der Waals surface area contributed by atoms with Gasteiger partial charge in [-0.2, -0.15) is 0 Å². The Balaban J connectivity index is 1.72. The van der Waals surface area contributed by atoms with Crippen LogP contribution < -0.4 is 14.8 Å². The topological polar surface area (TPSA) is 84.9 Å². The molecule has 0 aromatic heterocycles. The number of benzene rings is 2. The van der Waals surface area contributed by atoms with Crippen LogP contribution in [0.4, 0.5) is 10.5 Å². The first-order valence-electron chi connectivity index (χ1n) is 9.17. The Morgan fingerprint density at radius 2 is 1.77 bits per heavy atom. The average molecular weight is 426 g/mol. The van der Waals surface area contributed by atoms with Crippen molar-refractivity contribution in [3.05, 3.63) is 58.0 Å². The minimum Gasteiger partial charge on any atom is -0.493 e. The van der Waals surface area contributed by atoms with Gasteiger partial charge in [0.05, 0.1) is 19.1 Å². The van der Waals surface area contributed by atoms with Crippen molar-refractivity contribution >= 4 is 40.6 Å². The van der Waals surface area contributed by atoms with Crippen LogP contribution in [0.25, 0.3) is 6.08 Å². The number of anilines is 1. The number of nitrogens with one attached hydrogen (secondary N) is 1. The monoisotopic (exact) mass is 426 g/mol. The summed E-state index contributed by atoms with van der Waals surface area (Å²) < 4.78 is 10.5. The Hall–Kier alpha value is -3.26. The molecule has 0 spiro atoms. The molecule has 156 valence electrons. The number of ether oxygens (including phenoxy) is 2. The Morgan fingerprint density at radius 1 is 1.03 bits per heavy atom. The van der Waals surface area contributed by atoms with Gasteiger partial charge >= 0.3 is 0 Å². The molecule has 0 aliphatic carbocycles. The highest BCUT2D eigenvalue weighted by molar-refractivity contribution is 8.18. The molecule has 0 radical (unpaired) electrons. The van der Waals surface area contributed by atoms with Gasteiger partial charge in [-0.25, -0.2) is 0 Å². The van der Waals surface area contributed by atoms with E-state index in [2.05, 4.69) is 5.32 Å². The summed E-state index contributed by atoms with van der Waals surface area (Å²) >= 11 is 0.799. The lowest BCUT2D eigenvalue weighted by Crippen LogP contribution is -2.36. The number of thioether (sulfide) groups is 1. The van der Waals surface area contributed by atoms with Gasteiger partial charge in [-0.15, -0.1) is 0 Å². The molecule has 1 fully saturated rings. The minimum absolute atomic E-state index is 0.242. The van der Waals surface area contributed by atoms with Crippen LogP contribution in [0.5, 0.6) is 11.5 Å². The van der Waals surface area contributed by atoms with E-state index >= 15 is 0 Å². The molecule has 0 unspecified atom stereocenters. The smallest absolute Gasteiger partial charge is 0.294 e. The number of aryl methyl sites for hydroxylation is 2. The summed E-state index contributed by atoms with van der Waals surface area (Å²) in [6, 6.07) is 10.7. The second kappa shape index (κ2) is 9.04.